The number of benzene rings is 2. The SMILES string of the molecule is C[C@H]1Oc2ccc(NC(=O)CCc3ccc4c(c3)OCO4)cc2NC1=O. The minimum absolute atomic E-state index is 0.112. The number of carbonyl (C=O) groups is 2. The van der Waals surface area contributed by atoms with Gasteiger partial charge in [-0.15, -0.1) is 0 Å². The lowest BCUT2D eigenvalue weighted by Gasteiger charge is -2.23. The highest BCUT2D eigenvalue weighted by molar-refractivity contribution is 5.99. The first-order valence-electron chi connectivity index (χ1n) is 8.38. The second-order valence-electron chi connectivity index (χ2n) is 6.20. The molecular weight excluding hydrogens is 336 g/mol. The molecule has 7 heteroatoms. The zero-order valence-corrected chi connectivity index (χ0v) is 14.2. The normalized spacial score (nSPS) is 17.1. The van der Waals surface area contributed by atoms with Crippen LogP contribution in [0.15, 0.2) is 36.4 Å². The molecule has 0 aliphatic carbocycles. The average Bonchev–Trinajstić information content (AvgIpc) is 3.09. The number of rotatable bonds is 4. The van der Waals surface area contributed by atoms with E-state index < -0.39 is 6.10 Å². The Morgan fingerprint density at radius 1 is 1.15 bits per heavy atom. The minimum Gasteiger partial charge on any atom is -0.479 e. The first-order chi connectivity index (χ1) is 12.6. The third-order valence-corrected chi connectivity index (χ3v) is 4.27. The predicted octanol–water partition coefficient (Wildman–Crippen LogP) is 2.71. The second kappa shape index (κ2) is 6.59. The molecule has 0 fully saturated rings. The lowest BCUT2D eigenvalue weighted by molar-refractivity contribution is -0.122. The maximum atomic E-state index is 12.2. The molecule has 0 bridgehead atoms. The van der Waals surface area contributed by atoms with Gasteiger partial charge in [-0.2, -0.15) is 0 Å². The summed E-state index contributed by atoms with van der Waals surface area (Å²) in [4.78, 5) is 23.9. The summed E-state index contributed by atoms with van der Waals surface area (Å²) in [5, 5.41) is 5.60. The van der Waals surface area contributed by atoms with Crippen molar-refractivity contribution >= 4 is 23.2 Å². The van der Waals surface area contributed by atoms with Gasteiger partial charge in [0, 0.05) is 12.1 Å². The molecule has 2 N–H and O–H groups in total. The highest BCUT2D eigenvalue weighted by Gasteiger charge is 2.23. The van der Waals surface area contributed by atoms with Gasteiger partial charge in [-0.25, -0.2) is 0 Å². The minimum atomic E-state index is -0.523. The molecule has 0 radical (unpaired) electrons. The van der Waals surface area contributed by atoms with Crippen LogP contribution >= 0.6 is 0 Å². The Balaban J connectivity index is 1.36. The largest absolute Gasteiger partial charge is 0.479 e. The number of amides is 2. The van der Waals surface area contributed by atoms with Crippen LogP contribution in [0.5, 0.6) is 17.2 Å². The first-order valence-corrected chi connectivity index (χ1v) is 8.38. The van der Waals surface area contributed by atoms with Crippen LogP contribution in [-0.2, 0) is 16.0 Å². The monoisotopic (exact) mass is 354 g/mol. The van der Waals surface area contributed by atoms with Crippen molar-refractivity contribution in [1.82, 2.24) is 0 Å². The van der Waals surface area contributed by atoms with Crippen LogP contribution in [0.1, 0.15) is 18.9 Å². The average molecular weight is 354 g/mol. The van der Waals surface area contributed by atoms with E-state index in [-0.39, 0.29) is 18.6 Å². The van der Waals surface area contributed by atoms with E-state index in [9.17, 15) is 9.59 Å². The summed E-state index contributed by atoms with van der Waals surface area (Å²) >= 11 is 0. The van der Waals surface area contributed by atoms with E-state index in [1.165, 1.54) is 0 Å². The molecule has 4 rings (SSSR count). The van der Waals surface area contributed by atoms with Gasteiger partial charge in [-0.1, -0.05) is 6.07 Å². The van der Waals surface area contributed by atoms with Gasteiger partial charge in [0.05, 0.1) is 5.69 Å². The molecule has 2 amide bonds. The van der Waals surface area contributed by atoms with Gasteiger partial charge in [-0.3, -0.25) is 9.59 Å². The van der Waals surface area contributed by atoms with Crippen molar-refractivity contribution in [2.24, 2.45) is 0 Å². The molecular formula is C19H18N2O5. The lowest BCUT2D eigenvalue weighted by atomic mass is 10.1. The number of fused-ring (bicyclic) bond motifs is 2. The number of anilines is 2. The highest BCUT2D eigenvalue weighted by Crippen LogP contribution is 2.33. The van der Waals surface area contributed by atoms with Crippen LogP contribution in [0.2, 0.25) is 0 Å². The Morgan fingerprint density at radius 2 is 1.96 bits per heavy atom. The molecule has 7 nitrogen and oxygen atoms in total. The number of nitrogens with one attached hydrogen (secondary N) is 2. The van der Waals surface area contributed by atoms with E-state index in [0.29, 0.717) is 35.7 Å². The fraction of sp³-hybridized carbons (Fsp3) is 0.263. The maximum absolute atomic E-state index is 12.2. The lowest BCUT2D eigenvalue weighted by Crippen LogP contribution is -2.34. The van der Waals surface area contributed by atoms with Crippen molar-refractivity contribution in [3.8, 4) is 17.2 Å². The topological polar surface area (TPSA) is 85.9 Å². The van der Waals surface area contributed by atoms with Gasteiger partial charge in [-0.05, 0) is 49.2 Å². The van der Waals surface area contributed by atoms with E-state index in [0.717, 1.165) is 11.3 Å². The summed E-state index contributed by atoms with van der Waals surface area (Å²) in [6.45, 7) is 1.92. The Hall–Kier alpha value is -3.22. The van der Waals surface area contributed by atoms with Crippen molar-refractivity contribution in [3.05, 3.63) is 42.0 Å². The molecule has 1 atom stereocenters. The number of hydrogen-bond donors (Lipinski definition) is 2. The van der Waals surface area contributed by atoms with E-state index in [4.69, 9.17) is 14.2 Å². The number of carbonyl (C=O) groups excluding carboxylic acids is 2. The van der Waals surface area contributed by atoms with Gasteiger partial charge in [0.25, 0.3) is 5.91 Å². The summed E-state index contributed by atoms with van der Waals surface area (Å²) in [6, 6.07) is 10.8. The van der Waals surface area contributed by atoms with Crippen LogP contribution in [0.3, 0.4) is 0 Å². The molecule has 0 spiro atoms. The van der Waals surface area contributed by atoms with Crippen molar-refractivity contribution in [3.63, 3.8) is 0 Å². The molecule has 0 saturated carbocycles. The first kappa shape index (κ1) is 16.3. The van der Waals surface area contributed by atoms with E-state index in [2.05, 4.69) is 10.6 Å². The molecule has 2 aliphatic rings. The van der Waals surface area contributed by atoms with Crippen LogP contribution < -0.4 is 24.8 Å². The Labute approximate surface area is 150 Å². The van der Waals surface area contributed by atoms with Crippen molar-refractivity contribution in [2.45, 2.75) is 25.9 Å². The van der Waals surface area contributed by atoms with Crippen LogP contribution in [-0.4, -0.2) is 24.7 Å². The van der Waals surface area contributed by atoms with Crippen LogP contribution in [0.25, 0.3) is 0 Å². The fourth-order valence-corrected chi connectivity index (χ4v) is 2.86. The zero-order valence-electron chi connectivity index (χ0n) is 14.2. The summed E-state index contributed by atoms with van der Waals surface area (Å²) in [5.41, 5.74) is 2.17. The van der Waals surface area contributed by atoms with E-state index in [1.54, 1.807) is 25.1 Å². The molecule has 2 heterocycles. The Kier molecular flexibility index (Phi) is 4.12. The molecule has 2 aromatic carbocycles. The molecule has 26 heavy (non-hydrogen) atoms. The summed E-state index contributed by atoms with van der Waals surface area (Å²) in [7, 11) is 0. The van der Waals surface area contributed by atoms with Gasteiger partial charge >= 0.3 is 0 Å². The van der Waals surface area contributed by atoms with Crippen molar-refractivity contribution in [2.75, 3.05) is 17.4 Å². The number of hydrogen-bond acceptors (Lipinski definition) is 5. The summed E-state index contributed by atoms with van der Waals surface area (Å²) in [6.07, 6.45) is 0.395. The van der Waals surface area contributed by atoms with E-state index >= 15 is 0 Å². The molecule has 134 valence electrons. The quantitative estimate of drug-likeness (QED) is 0.882. The van der Waals surface area contributed by atoms with Crippen molar-refractivity contribution < 1.29 is 23.8 Å². The van der Waals surface area contributed by atoms with Gasteiger partial charge in [0.1, 0.15) is 5.75 Å². The van der Waals surface area contributed by atoms with E-state index in [1.807, 2.05) is 18.2 Å². The standard InChI is InChI=1S/C19H18N2O5/c1-11-19(23)21-14-9-13(4-6-15(14)26-11)20-18(22)7-3-12-2-5-16-17(8-12)25-10-24-16/h2,4-6,8-9,11H,3,7,10H2,1H3,(H,20,22)(H,21,23)/t11-/m1/s1. The molecule has 0 saturated heterocycles. The van der Waals surface area contributed by atoms with Gasteiger partial charge < -0.3 is 24.8 Å². The van der Waals surface area contributed by atoms with Crippen molar-refractivity contribution in [1.29, 1.82) is 0 Å². The predicted molar refractivity (Wildman–Crippen MR) is 94.7 cm³/mol. The molecule has 2 aromatic rings. The third-order valence-electron chi connectivity index (χ3n) is 4.27. The molecule has 2 aliphatic heterocycles. The highest BCUT2D eigenvalue weighted by atomic mass is 16.7. The second-order valence-corrected chi connectivity index (χ2v) is 6.20. The van der Waals surface area contributed by atoms with Gasteiger partial charge in [0.15, 0.2) is 17.6 Å². The Bertz CT molecular complexity index is 880. The fourth-order valence-electron chi connectivity index (χ4n) is 2.86. The maximum Gasteiger partial charge on any atom is 0.265 e. The van der Waals surface area contributed by atoms with Gasteiger partial charge in [0.2, 0.25) is 12.7 Å². The van der Waals surface area contributed by atoms with Crippen LogP contribution in [0.4, 0.5) is 11.4 Å². The summed E-state index contributed by atoms with van der Waals surface area (Å²) < 4.78 is 16.1. The zero-order chi connectivity index (χ0) is 18.1. The number of ether oxygens (including phenoxy) is 3. The summed E-state index contributed by atoms with van der Waals surface area (Å²) in [5.74, 6) is 1.71. The smallest absolute Gasteiger partial charge is 0.265 e. The third kappa shape index (κ3) is 3.28. The molecule has 0 aromatic heterocycles. The molecule has 0 unspecified atom stereocenters. The number of aryl methyl sites for hydroxylation is 1. The Morgan fingerprint density at radius 3 is 2.85 bits per heavy atom. The van der Waals surface area contributed by atoms with Crippen LogP contribution in [0, 0.1) is 0 Å².